The first-order valence-electron chi connectivity index (χ1n) is 11.3. The fourth-order valence-electron chi connectivity index (χ4n) is 3.60. The van der Waals surface area contributed by atoms with Gasteiger partial charge in [-0.3, -0.25) is 4.79 Å². The van der Waals surface area contributed by atoms with E-state index in [2.05, 4.69) is 34.2 Å². The minimum absolute atomic E-state index is 0.0164. The van der Waals surface area contributed by atoms with Gasteiger partial charge < -0.3 is 14.8 Å². The topological polar surface area (TPSA) is 90.6 Å². The summed E-state index contributed by atoms with van der Waals surface area (Å²) in [6, 6.07) is 5.71. The number of carbonyl (C=O) groups excluding carboxylic acids is 1. The Kier molecular flexibility index (Phi) is 8.03. The van der Waals surface area contributed by atoms with Gasteiger partial charge in [0.2, 0.25) is 5.91 Å². The molecular formula is C24H33N5O3. The van der Waals surface area contributed by atoms with Gasteiger partial charge in [0.25, 0.3) is 5.78 Å². The maximum absolute atomic E-state index is 12.7. The maximum atomic E-state index is 12.7. The molecule has 2 aromatic heterocycles. The molecule has 0 aliphatic carbocycles. The van der Waals surface area contributed by atoms with Gasteiger partial charge in [-0.15, -0.1) is 0 Å². The van der Waals surface area contributed by atoms with Crippen LogP contribution in [0.3, 0.4) is 0 Å². The number of aryl methyl sites for hydroxylation is 2. The summed E-state index contributed by atoms with van der Waals surface area (Å²) < 4.78 is 13.4. The van der Waals surface area contributed by atoms with Crippen molar-refractivity contribution in [2.45, 2.75) is 66.3 Å². The van der Waals surface area contributed by atoms with Crippen LogP contribution >= 0.6 is 0 Å². The molecule has 1 aromatic carbocycles. The van der Waals surface area contributed by atoms with Gasteiger partial charge in [-0.05, 0) is 63.3 Å². The second kappa shape index (κ2) is 10.9. The number of amides is 1. The lowest BCUT2D eigenvalue weighted by Crippen LogP contribution is -2.27. The van der Waals surface area contributed by atoms with Gasteiger partial charge in [-0.2, -0.15) is 10.1 Å². The second-order valence-corrected chi connectivity index (χ2v) is 7.93. The Balaban J connectivity index is 1.65. The number of rotatable bonds is 11. The lowest BCUT2D eigenvalue weighted by Gasteiger charge is -2.18. The third-order valence-electron chi connectivity index (χ3n) is 5.36. The van der Waals surface area contributed by atoms with Crippen LogP contribution in [0.5, 0.6) is 11.5 Å². The van der Waals surface area contributed by atoms with Crippen LogP contribution in [0.4, 0.5) is 0 Å². The van der Waals surface area contributed by atoms with Crippen molar-refractivity contribution in [2.24, 2.45) is 0 Å². The second-order valence-electron chi connectivity index (χ2n) is 7.93. The van der Waals surface area contributed by atoms with Gasteiger partial charge in [0.05, 0.1) is 19.3 Å². The fourth-order valence-corrected chi connectivity index (χ4v) is 3.60. The first kappa shape index (κ1) is 23.5. The van der Waals surface area contributed by atoms with Crippen LogP contribution in [0.25, 0.3) is 5.78 Å². The van der Waals surface area contributed by atoms with Crippen molar-refractivity contribution in [3.8, 4) is 11.5 Å². The number of aromatic nitrogens is 4. The van der Waals surface area contributed by atoms with Crippen LogP contribution in [-0.2, 0) is 11.2 Å². The Hall–Kier alpha value is -3.16. The predicted molar refractivity (Wildman–Crippen MR) is 123 cm³/mol. The standard InChI is InChI=1S/C24H33N5O3/c1-6-12-31-21-10-8-19(14-22(21)32-13-7-2)16(3)27-23(30)11-9-20-17(4)28-24-25-15-26-29(24)18(20)5/h8,10,14-16H,6-7,9,11-13H2,1-5H3,(H,27,30). The van der Waals surface area contributed by atoms with E-state index >= 15 is 0 Å². The van der Waals surface area contributed by atoms with Crippen LogP contribution in [0.1, 0.15) is 68.6 Å². The molecule has 1 N–H and O–H groups in total. The quantitative estimate of drug-likeness (QED) is 0.483. The Morgan fingerprint density at radius 2 is 1.84 bits per heavy atom. The first-order valence-corrected chi connectivity index (χ1v) is 11.3. The number of nitrogens with zero attached hydrogens (tertiary/aromatic N) is 4. The molecule has 0 fully saturated rings. The van der Waals surface area contributed by atoms with Gasteiger partial charge >= 0.3 is 0 Å². The van der Waals surface area contributed by atoms with Gasteiger partial charge in [0.1, 0.15) is 6.33 Å². The zero-order valence-electron chi connectivity index (χ0n) is 19.6. The summed E-state index contributed by atoms with van der Waals surface area (Å²) in [5.41, 5.74) is 3.85. The average Bonchev–Trinajstić information content (AvgIpc) is 3.24. The van der Waals surface area contributed by atoms with E-state index < -0.39 is 0 Å². The van der Waals surface area contributed by atoms with Gasteiger partial charge in [-0.25, -0.2) is 9.50 Å². The molecule has 1 atom stereocenters. The van der Waals surface area contributed by atoms with Crippen molar-refractivity contribution < 1.29 is 14.3 Å². The van der Waals surface area contributed by atoms with Crippen LogP contribution < -0.4 is 14.8 Å². The molecule has 8 heteroatoms. The zero-order chi connectivity index (χ0) is 23.1. The number of hydrogen-bond acceptors (Lipinski definition) is 6. The van der Waals surface area contributed by atoms with E-state index in [1.54, 1.807) is 4.52 Å². The highest BCUT2D eigenvalue weighted by molar-refractivity contribution is 5.76. The molecule has 32 heavy (non-hydrogen) atoms. The van der Waals surface area contributed by atoms with Crippen molar-refractivity contribution in [1.82, 2.24) is 24.9 Å². The van der Waals surface area contributed by atoms with E-state index in [4.69, 9.17) is 9.47 Å². The molecule has 0 radical (unpaired) electrons. The maximum Gasteiger partial charge on any atom is 0.252 e. The summed E-state index contributed by atoms with van der Waals surface area (Å²) in [6.07, 6.45) is 4.29. The van der Waals surface area contributed by atoms with Gasteiger partial charge in [0.15, 0.2) is 11.5 Å². The largest absolute Gasteiger partial charge is 0.490 e. The number of nitrogens with one attached hydrogen (secondary N) is 1. The molecule has 0 bridgehead atoms. The van der Waals surface area contributed by atoms with Crippen LogP contribution in [0.15, 0.2) is 24.5 Å². The van der Waals surface area contributed by atoms with E-state index in [-0.39, 0.29) is 11.9 Å². The minimum Gasteiger partial charge on any atom is -0.490 e. The first-order chi connectivity index (χ1) is 15.4. The summed E-state index contributed by atoms with van der Waals surface area (Å²) in [7, 11) is 0. The van der Waals surface area contributed by atoms with Crippen LogP contribution in [0.2, 0.25) is 0 Å². The SMILES string of the molecule is CCCOc1ccc(C(C)NC(=O)CCc2c(C)nc3ncnn3c2C)cc1OCCC. The lowest BCUT2D eigenvalue weighted by molar-refractivity contribution is -0.121. The summed E-state index contributed by atoms with van der Waals surface area (Å²) >= 11 is 0. The summed E-state index contributed by atoms with van der Waals surface area (Å²) in [6.45, 7) is 11.3. The number of benzene rings is 1. The van der Waals surface area contributed by atoms with Crippen molar-refractivity contribution >= 4 is 11.7 Å². The lowest BCUT2D eigenvalue weighted by atomic mass is 10.0. The Bertz CT molecular complexity index is 1060. The smallest absolute Gasteiger partial charge is 0.252 e. The Morgan fingerprint density at radius 1 is 1.12 bits per heavy atom. The van der Waals surface area contributed by atoms with Crippen molar-refractivity contribution in [3.63, 3.8) is 0 Å². The van der Waals surface area contributed by atoms with Crippen LogP contribution in [0, 0.1) is 13.8 Å². The number of ether oxygens (including phenoxy) is 2. The van der Waals surface area contributed by atoms with E-state index in [9.17, 15) is 4.79 Å². The third-order valence-corrected chi connectivity index (χ3v) is 5.36. The van der Waals surface area contributed by atoms with Crippen LogP contribution in [-0.4, -0.2) is 38.7 Å². The molecule has 0 saturated carbocycles. The molecule has 3 aromatic rings. The molecule has 0 spiro atoms. The van der Waals surface area contributed by atoms with Crippen molar-refractivity contribution in [3.05, 3.63) is 47.0 Å². The van der Waals surface area contributed by atoms with E-state index in [1.165, 1.54) is 6.33 Å². The molecule has 0 saturated heterocycles. The average molecular weight is 440 g/mol. The Labute approximate surface area is 189 Å². The highest BCUT2D eigenvalue weighted by Gasteiger charge is 2.16. The normalized spacial score (nSPS) is 12.0. The highest BCUT2D eigenvalue weighted by Crippen LogP contribution is 2.31. The van der Waals surface area contributed by atoms with Crippen molar-refractivity contribution in [1.29, 1.82) is 0 Å². The molecule has 1 amide bonds. The summed E-state index contributed by atoms with van der Waals surface area (Å²) in [5, 5.41) is 7.30. The van der Waals surface area contributed by atoms with E-state index in [1.807, 2.05) is 39.0 Å². The molecular weight excluding hydrogens is 406 g/mol. The number of fused-ring (bicyclic) bond motifs is 1. The molecule has 172 valence electrons. The van der Waals surface area contributed by atoms with E-state index in [0.29, 0.717) is 31.8 Å². The molecule has 3 rings (SSSR count). The summed E-state index contributed by atoms with van der Waals surface area (Å²) in [4.78, 5) is 21.3. The zero-order valence-corrected chi connectivity index (χ0v) is 19.6. The minimum atomic E-state index is -0.148. The fraction of sp³-hybridized carbons (Fsp3) is 0.500. The predicted octanol–water partition coefficient (Wildman–Crippen LogP) is 4.13. The molecule has 0 aliphatic rings. The number of hydrogen-bond donors (Lipinski definition) is 1. The monoisotopic (exact) mass is 439 g/mol. The number of carbonyl (C=O) groups is 1. The van der Waals surface area contributed by atoms with Gasteiger partial charge in [0, 0.05) is 17.8 Å². The molecule has 0 aliphatic heterocycles. The van der Waals surface area contributed by atoms with Crippen molar-refractivity contribution in [2.75, 3.05) is 13.2 Å². The molecule has 8 nitrogen and oxygen atoms in total. The Morgan fingerprint density at radius 3 is 2.56 bits per heavy atom. The van der Waals surface area contributed by atoms with Gasteiger partial charge in [-0.1, -0.05) is 19.9 Å². The molecule has 1 unspecified atom stereocenters. The third kappa shape index (κ3) is 5.55. The summed E-state index contributed by atoms with van der Waals surface area (Å²) in [5.74, 6) is 2.02. The highest BCUT2D eigenvalue weighted by atomic mass is 16.5. The van der Waals surface area contributed by atoms with E-state index in [0.717, 1.165) is 46.9 Å². The molecule has 2 heterocycles.